The van der Waals surface area contributed by atoms with Crippen LogP contribution in [0.4, 0.5) is 0 Å². The molecular weight excluding hydrogens is 332 g/mol. The molecule has 0 radical (unpaired) electrons. The molecule has 2 bridgehead atoms. The van der Waals surface area contributed by atoms with Gasteiger partial charge in [0.2, 0.25) is 0 Å². The molecule has 3 aliphatic carbocycles. The largest absolute Gasteiger partial charge is 0.459 e. The number of ether oxygens (including phenoxy) is 1. The fourth-order valence-electron chi connectivity index (χ4n) is 5.76. The Hall–Kier alpha value is -1.46. The van der Waals surface area contributed by atoms with Crippen molar-refractivity contribution in [2.45, 2.75) is 39.9 Å². The Balaban J connectivity index is 2.01. The van der Waals surface area contributed by atoms with E-state index < -0.39 is 40.8 Å². The predicted molar refractivity (Wildman–Crippen MR) is 84.9 cm³/mol. The van der Waals surface area contributed by atoms with E-state index >= 15 is 0 Å². The van der Waals surface area contributed by atoms with E-state index in [9.17, 15) is 19.5 Å². The molecule has 7 atom stereocenters. The number of fused-ring (bicyclic) bond motifs is 6. The SMILES string of the molecule is CC1=C(Cl)C(=O)[C@@]2(C)C1=CC(=O)[C@@]1(C)[C@H]3C(=O)O[C@H]([C@@H]3C)[C@H](O)[C@@H]21. The molecule has 5 nitrogen and oxygen atoms in total. The third-order valence-corrected chi connectivity index (χ3v) is 7.37. The van der Waals surface area contributed by atoms with Crippen molar-refractivity contribution in [2.24, 2.45) is 28.6 Å². The average molecular weight is 351 g/mol. The van der Waals surface area contributed by atoms with Crippen molar-refractivity contribution < 1.29 is 24.2 Å². The summed E-state index contributed by atoms with van der Waals surface area (Å²) < 4.78 is 5.38. The van der Waals surface area contributed by atoms with Gasteiger partial charge in [-0.1, -0.05) is 25.4 Å². The number of aliphatic hydroxyl groups is 1. The topological polar surface area (TPSA) is 80.7 Å². The van der Waals surface area contributed by atoms with Crippen LogP contribution in [0.25, 0.3) is 0 Å². The highest BCUT2D eigenvalue weighted by atomic mass is 35.5. The zero-order valence-electron chi connectivity index (χ0n) is 13.9. The number of carbonyl (C=O) groups is 3. The summed E-state index contributed by atoms with van der Waals surface area (Å²) in [4.78, 5) is 38.4. The standard InChI is InChI=1S/C18H19ClO5/c1-6-8-5-9(20)18(4)10-7(2)13(24-16(10)23)12(21)14(18)17(8,3)15(22)11(6)19/h5,7,10,12-14,21H,1-4H3/t7-,10-,12+,13-,14+,17+,18+/m1/s1. The van der Waals surface area contributed by atoms with Crippen molar-refractivity contribution in [1.82, 2.24) is 0 Å². The minimum absolute atomic E-state index is 0.103. The van der Waals surface area contributed by atoms with Crippen LogP contribution in [0.2, 0.25) is 0 Å². The van der Waals surface area contributed by atoms with Crippen LogP contribution in [0.1, 0.15) is 27.7 Å². The van der Waals surface area contributed by atoms with E-state index in [4.69, 9.17) is 16.3 Å². The van der Waals surface area contributed by atoms with Gasteiger partial charge in [0, 0.05) is 11.8 Å². The van der Waals surface area contributed by atoms with Gasteiger partial charge in [-0.15, -0.1) is 0 Å². The van der Waals surface area contributed by atoms with Crippen molar-refractivity contribution in [3.63, 3.8) is 0 Å². The summed E-state index contributed by atoms with van der Waals surface area (Å²) in [5.74, 6) is -2.69. The van der Waals surface area contributed by atoms with E-state index in [1.807, 2.05) is 6.92 Å². The molecule has 0 aromatic carbocycles. The van der Waals surface area contributed by atoms with Crippen molar-refractivity contribution >= 4 is 29.1 Å². The zero-order chi connectivity index (χ0) is 17.8. The van der Waals surface area contributed by atoms with Crippen molar-refractivity contribution in [3.8, 4) is 0 Å². The molecular formula is C18H19ClO5. The molecule has 1 N–H and O–H groups in total. The Bertz CT molecular complexity index is 780. The van der Waals surface area contributed by atoms with Crippen LogP contribution in [-0.4, -0.2) is 34.9 Å². The third kappa shape index (κ3) is 1.41. The summed E-state index contributed by atoms with van der Waals surface area (Å²) in [6, 6.07) is 0. The Morgan fingerprint density at radius 2 is 1.88 bits per heavy atom. The highest BCUT2D eigenvalue weighted by Crippen LogP contribution is 2.66. The summed E-state index contributed by atoms with van der Waals surface area (Å²) in [7, 11) is 0. The van der Waals surface area contributed by atoms with Gasteiger partial charge in [-0.2, -0.15) is 0 Å². The molecule has 1 aliphatic heterocycles. The maximum atomic E-state index is 13.0. The summed E-state index contributed by atoms with van der Waals surface area (Å²) in [6.45, 7) is 6.92. The van der Waals surface area contributed by atoms with E-state index in [2.05, 4.69) is 0 Å². The van der Waals surface area contributed by atoms with Crippen LogP contribution in [-0.2, 0) is 19.1 Å². The highest BCUT2D eigenvalue weighted by molar-refractivity contribution is 6.45. The van der Waals surface area contributed by atoms with Gasteiger partial charge in [-0.25, -0.2) is 0 Å². The molecule has 0 unspecified atom stereocenters. The number of halogens is 1. The normalized spacial score (nSPS) is 49.8. The van der Waals surface area contributed by atoms with Crippen LogP contribution in [0, 0.1) is 28.6 Å². The maximum absolute atomic E-state index is 13.0. The van der Waals surface area contributed by atoms with Gasteiger partial charge in [-0.3, -0.25) is 14.4 Å². The first kappa shape index (κ1) is 16.0. The molecule has 24 heavy (non-hydrogen) atoms. The van der Waals surface area contributed by atoms with E-state index in [-0.39, 0.29) is 22.5 Å². The molecule has 128 valence electrons. The zero-order valence-corrected chi connectivity index (χ0v) is 14.7. The average Bonchev–Trinajstić information content (AvgIpc) is 2.85. The van der Waals surface area contributed by atoms with Crippen LogP contribution < -0.4 is 0 Å². The van der Waals surface area contributed by atoms with Gasteiger partial charge < -0.3 is 9.84 Å². The minimum atomic E-state index is -1.18. The van der Waals surface area contributed by atoms with Crippen molar-refractivity contribution in [2.75, 3.05) is 0 Å². The Morgan fingerprint density at radius 3 is 2.50 bits per heavy atom. The number of esters is 1. The number of hydrogen-bond donors (Lipinski definition) is 1. The first-order chi connectivity index (χ1) is 11.1. The van der Waals surface area contributed by atoms with Gasteiger partial charge in [0.05, 0.1) is 27.9 Å². The maximum Gasteiger partial charge on any atom is 0.310 e. The number of aliphatic hydroxyl groups excluding tert-OH is 1. The molecule has 4 rings (SSSR count). The molecule has 1 heterocycles. The Labute approximate surface area is 144 Å². The minimum Gasteiger partial charge on any atom is -0.459 e. The second kappa shape index (κ2) is 4.38. The molecule has 0 aromatic rings. The Kier molecular flexibility index (Phi) is 2.93. The van der Waals surface area contributed by atoms with Crippen molar-refractivity contribution in [1.29, 1.82) is 0 Å². The molecule has 0 amide bonds. The van der Waals surface area contributed by atoms with Crippen LogP contribution in [0.3, 0.4) is 0 Å². The molecule has 0 aromatic heterocycles. The fraction of sp³-hybridized carbons (Fsp3) is 0.611. The van der Waals surface area contributed by atoms with E-state index in [0.29, 0.717) is 11.1 Å². The monoisotopic (exact) mass is 350 g/mol. The first-order valence-electron chi connectivity index (χ1n) is 8.14. The van der Waals surface area contributed by atoms with Crippen LogP contribution in [0.5, 0.6) is 0 Å². The van der Waals surface area contributed by atoms with Crippen molar-refractivity contribution in [3.05, 3.63) is 22.3 Å². The van der Waals surface area contributed by atoms with Crippen LogP contribution in [0.15, 0.2) is 22.3 Å². The highest BCUT2D eigenvalue weighted by Gasteiger charge is 2.73. The summed E-state index contributed by atoms with van der Waals surface area (Å²) in [6.07, 6.45) is -0.341. The summed E-state index contributed by atoms with van der Waals surface area (Å²) in [5.41, 5.74) is -1.16. The van der Waals surface area contributed by atoms with Gasteiger partial charge in [0.25, 0.3) is 0 Å². The number of rotatable bonds is 0. The summed E-state index contributed by atoms with van der Waals surface area (Å²) in [5, 5.41) is 11.1. The number of Topliss-reactive ketones (excluding diaryl/α,β-unsaturated/α-hetero) is 1. The first-order valence-corrected chi connectivity index (χ1v) is 8.52. The predicted octanol–water partition coefficient (Wildman–Crippen LogP) is 1.77. The van der Waals surface area contributed by atoms with Gasteiger partial charge in [-0.05, 0) is 31.1 Å². The molecule has 1 saturated heterocycles. The second-order valence-electron chi connectivity index (χ2n) is 7.88. The molecule has 0 spiro atoms. The smallest absolute Gasteiger partial charge is 0.310 e. The number of allylic oxidation sites excluding steroid dienone is 4. The number of carbonyl (C=O) groups excluding carboxylic acids is 3. The lowest BCUT2D eigenvalue weighted by atomic mass is 9.45. The van der Waals surface area contributed by atoms with Gasteiger partial charge >= 0.3 is 5.97 Å². The molecule has 6 heteroatoms. The lowest BCUT2D eigenvalue weighted by molar-refractivity contribution is -0.165. The van der Waals surface area contributed by atoms with Gasteiger partial charge in [0.15, 0.2) is 11.6 Å². The van der Waals surface area contributed by atoms with E-state index in [0.717, 1.165) is 0 Å². The molecule has 4 aliphatic rings. The van der Waals surface area contributed by atoms with Gasteiger partial charge in [0.1, 0.15) is 6.10 Å². The lowest BCUT2D eigenvalue weighted by Crippen LogP contribution is -2.64. The molecule has 2 fully saturated rings. The second-order valence-corrected chi connectivity index (χ2v) is 8.26. The molecule has 1 saturated carbocycles. The third-order valence-electron chi connectivity index (χ3n) is 6.91. The van der Waals surface area contributed by atoms with E-state index in [1.165, 1.54) is 6.08 Å². The quantitative estimate of drug-likeness (QED) is 0.673. The van der Waals surface area contributed by atoms with Crippen LogP contribution >= 0.6 is 11.6 Å². The number of ketones is 2. The summed E-state index contributed by atoms with van der Waals surface area (Å²) >= 11 is 6.19. The fourth-order valence-corrected chi connectivity index (χ4v) is 6.06. The van der Waals surface area contributed by atoms with E-state index in [1.54, 1.807) is 20.8 Å². The lowest BCUT2D eigenvalue weighted by Gasteiger charge is -2.55. The Morgan fingerprint density at radius 1 is 1.25 bits per heavy atom. The number of hydrogen-bond acceptors (Lipinski definition) is 5.